The van der Waals surface area contributed by atoms with E-state index in [9.17, 15) is 46.1 Å². The molecule has 4 aromatic carbocycles. The number of halogens is 7. The number of phenolic OH excluding ortho intramolecular Hbond substituents is 2. The van der Waals surface area contributed by atoms with Crippen LogP contribution >= 0.6 is 22.9 Å². The second-order valence-corrected chi connectivity index (χ2v) is 20.6. The minimum atomic E-state index is -5.08. The molecular formula is C54H53ClF6N10O6S. The van der Waals surface area contributed by atoms with E-state index in [4.69, 9.17) is 26.5 Å². The first kappa shape index (κ1) is 56.6. The lowest BCUT2D eigenvalue weighted by Crippen LogP contribution is -2.35. The van der Waals surface area contributed by atoms with Crippen molar-refractivity contribution in [2.75, 3.05) is 19.6 Å². The summed E-state index contributed by atoms with van der Waals surface area (Å²) in [5, 5.41) is 51.8. The number of benzene rings is 4. The van der Waals surface area contributed by atoms with E-state index in [1.807, 2.05) is 72.3 Å². The average Bonchev–Trinajstić information content (AvgIpc) is 4.14. The van der Waals surface area contributed by atoms with Crippen LogP contribution in [0.5, 0.6) is 11.5 Å². The number of piperidine rings is 1. The first-order chi connectivity index (χ1) is 37.0. The van der Waals surface area contributed by atoms with Crippen LogP contribution in [0.1, 0.15) is 98.3 Å². The van der Waals surface area contributed by atoms with Crippen LogP contribution < -0.4 is 10.6 Å². The van der Waals surface area contributed by atoms with Crippen LogP contribution in [-0.4, -0.2) is 105 Å². The van der Waals surface area contributed by atoms with E-state index in [-0.39, 0.29) is 41.0 Å². The molecule has 410 valence electrons. The summed E-state index contributed by atoms with van der Waals surface area (Å²) in [5.74, 6) is -3.01. The molecule has 3 aromatic heterocycles. The third kappa shape index (κ3) is 13.2. The van der Waals surface area contributed by atoms with Crippen molar-refractivity contribution in [2.45, 2.75) is 91.3 Å². The number of carbonyl (C=O) groups is 3. The van der Waals surface area contributed by atoms with Gasteiger partial charge in [0, 0.05) is 45.9 Å². The third-order valence-corrected chi connectivity index (χ3v) is 14.9. The smallest absolute Gasteiger partial charge is 0.490 e. The van der Waals surface area contributed by atoms with Crippen molar-refractivity contribution < 1.29 is 56.0 Å². The summed E-state index contributed by atoms with van der Waals surface area (Å²) in [4.78, 5) is 44.4. The number of nitrogens with one attached hydrogen (secondary N) is 2. The number of fused-ring (bicyclic) bond motifs is 3. The molecule has 16 nitrogen and oxygen atoms in total. The Morgan fingerprint density at radius 1 is 0.795 bits per heavy atom. The maximum Gasteiger partial charge on any atom is 0.490 e. The molecular weight excluding hydrogens is 1070 g/mol. The number of alkyl halides is 6. The number of carbonyl (C=O) groups excluding carboxylic acids is 2. The molecule has 0 saturated carbocycles. The third-order valence-electron chi connectivity index (χ3n) is 13.5. The molecule has 0 radical (unpaired) electrons. The summed E-state index contributed by atoms with van der Waals surface area (Å²) < 4.78 is 74.2. The van der Waals surface area contributed by atoms with Gasteiger partial charge in [-0.15, -0.1) is 31.7 Å². The summed E-state index contributed by atoms with van der Waals surface area (Å²) in [6, 6.07) is 25.4. The molecule has 0 aliphatic carbocycles. The normalized spacial score (nSPS) is 14.9. The topological polar surface area (TPSA) is 213 Å². The molecule has 2 aliphatic heterocycles. The van der Waals surface area contributed by atoms with Crippen molar-refractivity contribution in [1.82, 2.24) is 45.1 Å². The first-order valence-corrected chi connectivity index (χ1v) is 25.9. The van der Waals surface area contributed by atoms with Crippen LogP contribution in [-0.2, 0) is 35.5 Å². The zero-order chi connectivity index (χ0) is 56.2. The summed E-state index contributed by atoms with van der Waals surface area (Å²) in [6.45, 7) is 9.36. The Morgan fingerprint density at radius 2 is 1.44 bits per heavy atom. The predicted molar refractivity (Wildman–Crippen MR) is 279 cm³/mol. The summed E-state index contributed by atoms with van der Waals surface area (Å²) in [6.07, 6.45) is -6.42. The molecule has 78 heavy (non-hydrogen) atoms. The predicted octanol–water partition coefficient (Wildman–Crippen LogP) is 10.1. The Morgan fingerprint density at radius 3 is 2.06 bits per heavy atom. The monoisotopic (exact) mass is 1120 g/mol. The quantitative estimate of drug-likeness (QED) is 0.0647. The molecule has 5 N–H and O–H groups in total. The van der Waals surface area contributed by atoms with Crippen LogP contribution in [0.2, 0.25) is 5.02 Å². The van der Waals surface area contributed by atoms with Crippen LogP contribution in [0.4, 0.5) is 26.3 Å². The molecule has 9 rings (SSSR count). The molecule has 1 atom stereocenters. The Kier molecular flexibility index (Phi) is 17.1. The van der Waals surface area contributed by atoms with Gasteiger partial charge in [-0.25, -0.2) is 4.79 Å². The molecule has 2 aliphatic rings. The Labute approximate surface area is 452 Å². The lowest BCUT2D eigenvalue weighted by molar-refractivity contribution is -0.192. The fourth-order valence-electron chi connectivity index (χ4n) is 9.26. The first-order valence-electron chi connectivity index (χ1n) is 24.7. The number of aryl methyl sites for hydroxylation is 3. The molecule has 1 saturated heterocycles. The number of likely N-dealkylation sites (tertiary alicyclic amines) is 1. The maximum absolute atomic E-state index is 13.6. The summed E-state index contributed by atoms with van der Waals surface area (Å²) in [5.41, 5.74) is 8.13. The molecule has 2 amide bonds. The Balaban J connectivity index is 0.00000107. The van der Waals surface area contributed by atoms with Gasteiger partial charge < -0.3 is 26.0 Å². The van der Waals surface area contributed by atoms with Gasteiger partial charge in [-0.3, -0.25) is 28.6 Å². The van der Waals surface area contributed by atoms with Crippen molar-refractivity contribution >= 4 is 46.4 Å². The molecule has 7 aromatic rings. The van der Waals surface area contributed by atoms with Crippen LogP contribution in [0.25, 0.3) is 22.1 Å². The molecule has 0 spiro atoms. The van der Waals surface area contributed by atoms with E-state index in [2.05, 4.69) is 56.6 Å². The zero-order valence-electron chi connectivity index (χ0n) is 42.5. The van der Waals surface area contributed by atoms with Gasteiger partial charge in [-0.1, -0.05) is 67.1 Å². The molecule has 0 bridgehead atoms. The molecule has 0 unspecified atom stereocenters. The van der Waals surface area contributed by atoms with Crippen LogP contribution in [0, 0.1) is 26.7 Å². The highest BCUT2D eigenvalue weighted by molar-refractivity contribution is 7.15. The summed E-state index contributed by atoms with van der Waals surface area (Å²) in [7, 11) is 0. The van der Waals surface area contributed by atoms with E-state index >= 15 is 0 Å². The van der Waals surface area contributed by atoms with Gasteiger partial charge in [0.1, 0.15) is 34.9 Å². The maximum atomic E-state index is 13.6. The Hall–Kier alpha value is -7.63. The number of hydrogen-bond donors (Lipinski definition) is 5. The number of rotatable bonds is 14. The van der Waals surface area contributed by atoms with Crippen molar-refractivity contribution in [3.63, 3.8) is 0 Å². The number of carboxylic acid groups (broad SMARTS) is 1. The number of aliphatic carboxylic acids is 1. The van der Waals surface area contributed by atoms with E-state index in [1.54, 1.807) is 23.5 Å². The van der Waals surface area contributed by atoms with E-state index in [0.717, 1.165) is 89.3 Å². The average molecular weight is 1120 g/mol. The standard InChI is InChI=1S/C52H52ClF3N10O4S.C2HF3O2/c1-5-36-23-40(43(68)25-42(36)67)47-61-63-49(50(70)58-28-52(54,55)56)66(47)39-16-10-32(11-17-39)22-33-18-20-64(21-19-33)27-35-8-6-34(7-9-35)26-57-44(69)24-41-48-62-60-31(4)65(48)51-45(29(2)30(3)71-51)46(59-41)37-12-14-38(53)15-13-37;3-2(4,5)1(6)7/h6-17,23,25,33,41,67-68H,5,18-22,24,26-28H2,1-4H3,(H,57,69)(H,58,70);(H,6,7)/t41-;/m0./s1. The second kappa shape index (κ2) is 23.5. The van der Waals surface area contributed by atoms with E-state index in [0.29, 0.717) is 41.0 Å². The van der Waals surface area contributed by atoms with Gasteiger partial charge in [0.05, 0.1) is 17.7 Å². The van der Waals surface area contributed by atoms with Crippen molar-refractivity contribution in [1.29, 1.82) is 0 Å². The highest BCUT2D eigenvalue weighted by atomic mass is 35.5. The van der Waals surface area contributed by atoms with Crippen molar-refractivity contribution in [2.24, 2.45) is 10.9 Å². The van der Waals surface area contributed by atoms with E-state index in [1.165, 1.54) is 21.1 Å². The number of amides is 2. The fourth-order valence-corrected chi connectivity index (χ4v) is 10.6. The van der Waals surface area contributed by atoms with Gasteiger partial charge in [0.15, 0.2) is 11.6 Å². The van der Waals surface area contributed by atoms with E-state index < -0.39 is 36.8 Å². The summed E-state index contributed by atoms with van der Waals surface area (Å²) >= 11 is 7.93. The zero-order valence-corrected chi connectivity index (χ0v) is 44.1. The number of hydrogen-bond acceptors (Lipinski definition) is 12. The highest BCUT2D eigenvalue weighted by Gasteiger charge is 2.38. The second-order valence-electron chi connectivity index (χ2n) is 18.9. The van der Waals surface area contributed by atoms with Gasteiger partial charge in [-0.05, 0) is 124 Å². The number of aromatic nitrogens is 6. The number of thiophene rings is 1. The minimum Gasteiger partial charge on any atom is -0.508 e. The largest absolute Gasteiger partial charge is 0.508 e. The SMILES string of the molecule is CCc1cc(-c2nnc(C(=O)NCC(F)(F)F)n2-c2ccc(CC3CCN(Cc4ccc(CNC(=O)C[C@@H]5N=C(c6ccc(Cl)cc6)c6c(sc(C)c6C)-n6c(C)nnc65)cc4)CC3)cc2)c(O)cc1O.O=C(O)C(F)(F)F. The van der Waals surface area contributed by atoms with Gasteiger partial charge in [0.2, 0.25) is 11.7 Å². The molecule has 5 heterocycles. The number of nitrogens with zero attached hydrogens (tertiary/aromatic N) is 8. The minimum absolute atomic E-state index is 0.0302. The fraction of sp³-hybridized carbons (Fsp3) is 0.333. The lowest BCUT2D eigenvalue weighted by Gasteiger charge is -2.32. The number of aromatic hydroxyl groups is 2. The van der Waals surface area contributed by atoms with Gasteiger partial charge >= 0.3 is 18.3 Å². The molecule has 1 fully saturated rings. The van der Waals surface area contributed by atoms with Crippen molar-refractivity contribution in [3.8, 4) is 33.6 Å². The van der Waals surface area contributed by atoms with Crippen molar-refractivity contribution in [3.05, 3.63) is 151 Å². The highest BCUT2D eigenvalue weighted by Crippen LogP contribution is 2.40. The van der Waals surface area contributed by atoms with Gasteiger partial charge in [-0.2, -0.15) is 26.3 Å². The number of phenols is 2. The molecule has 24 heteroatoms. The lowest BCUT2D eigenvalue weighted by atomic mass is 9.90. The van der Waals surface area contributed by atoms with Crippen LogP contribution in [0.15, 0.2) is 89.9 Å². The Bertz CT molecular complexity index is 3350. The number of carboxylic acids is 1. The number of aliphatic imine (C=N–C) groups is 1. The van der Waals surface area contributed by atoms with Gasteiger partial charge in [0.25, 0.3) is 5.91 Å². The van der Waals surface area contributed by atoms with Crippen LogP contribution in [0.3, 0.4) is 0 Å².